The summed E-state index contributed by atoms with van der Waals surface area (Å²) in [5, 5.41) is 14.3. The highest BCUT2D eigenvalue weighted by Gasteiger charge is 2.06. The Kier molecular flexibility index (Phi) is 4.84. The van der Waals surface area contributed by atoms with Crippen molar-refractivity contribution in [3.8, 4) is 0 Å². The van der Waals surface area contributed by atoms with Gasteiger partial charge >= 0.3 is 0 Å². The molecule has 0 bridgehead atoms. The van der Waals surface area contributed by atoms with E-state index in [1.165, 1.54) is 6.07 Å². The van der Waals surface area contributed by atoms with E-state index in [9.17, 15) is 8.78 Å². The summed E-state index contributed by atoms with van der Waals surface area (Å²) in [6.07, 6.45) is 0.375. The average Bonchev–Trinajstić information content (AvgIpc) is 2.30. The lowest BCUT2D eigenvalue weighted by Gasteiger charge is -2.12. The zero-order valence-corrected chi connectivity index (χ0v) is 9.45. The summed E-state index contributed by atoms with van der Waals surface area (Å²) < 4.78 is 25.6. The Labute approximate surface area is 98.1 Å². The molecule has 1 atom stereocenters. The summed E-state index contributed by atoms with van der Waals surface area (Å²) in [5.41, 5.74) is 5.97. The minimum atomic E-state index is -0.867. The van der Waals surface area contributed by atoms with Crippen LogP contribution in [0.4, 0.5) is 8.78 Å². The first-order valence-electron chi connectivity index (χ1n) is 5.16. The number of benzene rings is 1. The predicted molar refractivity (Wildman–Crippen MR) is 60.7 cm³/mol. The molecule has 0 spiro atoms. The molecule has 0 aliphatic carbocycles. The molecule has 4 nitrogen and oxygen atoms in total. The fraction of sp³-hybridized carbons (Fsp3) is 0.364. The quantitative estimate of drug-likeness (QED) is 0.318. The molecule has 0 saturated heterocycles. The maximum absolute atomic E-state index is 12.9. The second kappa shape index (κ2) is 6.15. The Hall–Kier alpha value is -1.69. The summed E-state index contributed by atoms with van der Waals surface area (Å²) in [4.78, 5) is 0. The van der Waals surface area contributed by atoms with Crippen molar-refractivity contribution in [1.29, 1.82) is 0 Å². The molecule has 0 saturated carbocycles. The van der Waals surface area contributed by atoms with Gasteiger partial charge in [0.05, 0.1) is 0 Å². The van der Waals surface area contributed by atoms with Crippen molar-refractivity contribution in [3.63, 3.8) is 0 Å². The third-order valence-electron chi connectivity index (χ3n) is 2.28. The van der Waals surface area contributed by atoms with Gasteiger partial charge in [-0.05, 0) is 24.6 Å². The van der Waals surface area contributed by atoms with Crippen molar-refractivity contribution in [1.82, 2.24) is 5.32 Å². The molecule has 4 N–H and O–H groups in total. The van der Waals surface area contributed by atoms with Crippen LogP contribution in [0.25, 0.3) is 0 Å². The third-order valence-corrected chi connectivity index (χ3v) is 2.28. The first-order valence-corrected chi connectivity index (χ1v) is 5.16. The Bertz CT molecular complexity index is 410. The van der Waals surface area contributed by atoms with Gasteiger partial charge in [0.15, 0.2) is 11.6 Å². The molecule has 1 aromatic carbocycles. The van der Waals surface area contributed by atoms with Crippen LogP contribution in [-0.4, -0.2) is 17.1 Å². The van der Waals surface area contributed by atoms with Gasteiger partial charge in [0.25, 0.3) is 0 Å². The molecule has 94 valence electrons. The molecule has 6 heteroatoms. The minimum Gasteiger partial charge on any atom is -0.409 e. The van der Waals surface area contributed by atoms with Crippen molar-refractivity contribution in [2.75, 3.05) is 0 Å². The fourth-order valence-corrected chi connectivity index (χ4v) is 1.37. The Morgan fingerprint density at radius 3 is 2.76 bits per heavy atom. The second-order valence-corrected chi connectivity index (χ2v) is 3.83. The highest BCUT2D eigenvalue weighted by Crippen LogP contribution is 2.08. The standard InChI is InChI=1S/C11H15F2N3O/c1-7(4-11(14)16-17)15-6-8-2-3-9(12)10(13)5-8/h2-3,5,7,15,17H,4,6H2,1H3,(H2,14,16). The molecule has 17 heavy (non-hydrogen) atoms. The lowest BCUT2D eigenvalue weighted by Crippen LogP contribution is -2.30. The average molecular weight is 243 g/mol. The zero-order valence-electron chi connectivity index (χ0n) is 9.45. The molecule has 0 radical (unpaired) electrons. The van der Waals surface area contributed by atoms with Gasteiger partial charge in [0, 0.05) is 19.0 Å². The van der Waals surface area contributed by atoms with E-state index in [2.05, 4.69) is 10.5 Å². The van der Waals surface area contributed by atoms with Gasteiger partial charge in [-0.15, -0.1) is 0 Å². The van der Waals surface area contributed by atoms with Crippen LogP contribution in [0, 0.1) is 11.6 Å². The SMILES string of the molecule is CC(CC(N)=NO)NCc1ccc(F)c(F)c1. The molecule has 0 aliphatic rings. The van der Waals surface area contributed by atoms with Crippen LogP contribution in [-0.2, 0) is 6.54 Å². The van der Waals surface area contributed by atoms with E-state index in [1.54, 1.807) is 0 Å². The van der Waals surface area contributed by atoms with E-state index in [0.29, 0.717) is 18.5 Å². The highest BCUT2D eigenvalue weighted by molar-refractivity contribution is 5.80. The molecular formula is C11H15F2N3O. The van der Waals surface area contributed by atoms with Gasteiger partial charge in [-0.3, -0.25) is 0 Å². The monoisotopic (exact) mass is 243 g/mol. The third kappa shape index (κ3) is 4.36. The number of nitrogens with two attached hydrogens (primary N) is 1. The zero-order chi connectivity index (χ0) is 12.8. The van der Waals surface area contributed by atoms with E-state index in [4.69, 9.17) is 10.9 Å². The van der Waals surface area contributed by atoms with Crippen molar-refractivity contribution in [3.05, 3.63) is 35.4 Å². The lowest BCUT2D eigenvalue weighted by atomic mass is 10.1. The number of nitrogens with one attached hydrogen (secondary N) is 1. The van der Waals surface area contributed by atoms with Gasteiger partial charge in [0.2, 0.25) is 0 Å². The Morgan fingerprint density at radius 1 is 1.47 bits per heavy atom. The van der Waals surface area contributed by atoms with E-state index in [0.717, 1.165) is 12.1 Å². The largest absolute Gasteiger partial charge is 0.409 e. The maximum atomic E-state index is 12.9. The summed E-state index contributed by atoms with van der Waals surface area (Å²) >= 11 is 0. The number of amidine groups is 1. The molecule has 1 unspecified atom stereocenters. The predicted octanol–water partition coefficient (Wildman–Crippen LogP) is 1.58. The topological polar surface area (TPSA) is 70.6 Å². The first kappa shape index (κ1) is 13.4. The van der Waals surface area contributed by atoms with Crippen molar-refractivity contribution >= 4 is 5.84 Å². The number of oxime groups is 1. The van der Waals surface area contributed by atoms with Gasteiger partial charge in [0.1, 0.15) is 5.84 Å². The van der Waals surface area contributed by atoms with Crippen LogP contribution in [0.5, 0.6) is 0 Å². The van der Waals surface area contributed by atoms with Gasteiger partial charge < -0.3 is 16.3 Å². The van der Waals surface area contributed by atoms with Crippen LogP contribution >= 0.6 is 0 Å². The summed E-state index contributed by atoms with van der Waals surface area (Å²) in [7, 11) is 0. The number of halogens is 2. The minimum absolute atomic E-state index is 0.0287. The highest BCUT2D eigenvalue weighted by atomic mass is 19.2. The lowest BCUT2D eigenvalue weighted by molar-refractivity contribution is 0.316. The molecule has 0 aliphatic heterocycles. The summed E-state index contributed by atoms with van der Waals surface area (Å²) in [6, 6.07) is 3.69. The maximum Gasteiger partial charge on any atom is 0.159 e. The first-order chi connectivity index (χ1) is 8.02. The number of hydrogen-bond donors (Lipinski definition) is 3. The van der Waals surface area contributed by atoms with Crippen LogP contribution in [0.3, 0.4) is 0 Å². The van der Waals surface area contributed by atoms with Crippen molar-refractivity contribution in [2.24, 2.45) is 10.9 Å². The van der Waals surface area contributed by atoms with Crippen LogP contribution in [0.1, 0.15) is 18.9 Å². The fourth-order valence-electron chi connectivity index (χ4n) is 1.37. The van der Waals surface area contributed by atoms with Gasteiger partial charge in [-0.2, -0.15) is 0 Å². The van der Waals surface area contributed by atoms with Crippen LogP contribution in [0.2, 0.25) is 0 Å². The van der Waals surface area contributed by atoms with Crippen LogP contribution < -0.4 is 11.1 Å². The molecule has 0 amide bonds. The number of rotatable bonds is 5. The van der Waals surface area contributed by atoms with E-state index >= 15 is 0 Å². The molecule has 0 aromatic heterocycles. The van der Waals surface area contributed by atoms with Crippen molar-refractivity contribution < 1.29 is 14.0 Å². The number of nitrogens with zero attached hydrogens (tertiary/aromatic N) is 1. The summed E-state index contributed by atoms with van der Waals surface area (Å²) in [6.45, 7) is 2.23. The van der Waals surface area contributed by atoms with Gasteiger partial charge in [-0.1, -0.05) is 11.2 Å². The molecule has 0 heterocycles. The van der Waals surface area contributed by atoms with Crippen molar-refractivity contribution in [2.45, 2.75) is 25.9 Å². The second-order valence-electron chi connectivity index (χ2n) is 3.83. The smallest absolute Gasteiger partial charge is 0.159 e. The number of hydrogen-bond acceptors (Lipinski definition) is 3. The van der Waals surface area contributed by atoms with Gasteiger partial charge in [-0.25, -0.2) is 8.78 Å². The molecular weight excluding hydrogens is 228 g/mol. The van der Waals surface area contributed by atoms with E-state index < -0.39 is 11.6 Å². The molecule has 1 rings (SSSR count). The molecule has 0 fully saturated rings. The van der Waals surface area contributed by atoms with Crippen LogP contribution in [0.15, 0.2) is 23.4 Å². The summed E-state index contributed by atoms with van der Waals surface area (Å²) in [5.74, 6) is -1.61. The van der Waals surface area contributed by atoms with E-state index in [1.807, 2.05) is 6.92 Å². The Balaban J connectivity index is 2.47. The van der Waals surface area contributed by atoms with E-state index in [-0.39, 0.29) is 11.9 Å². The Morgan fingerprint density at radius 2 is 2.18 bits per heavy atom. The normalized spacial score (nSPS) is 13.7. The molecule has 1 aromatic rings.